The summed E-state index contributed by atoms with van der Waals surface area (Å²) in [6, 6.07) is 22.9. The van der Waals surface area contributed by atoms with Crippen LogP contribution in [-0.2, 0) is 4.79 Å². The van der Waals surface area contributed by atoms with Gasteiger partial charge in [-0.15, -0.1) is 0 Å². The fourth-order valence-electron chi connectivity index (χ4n) is 2.54. The van der Waals surface area contributed by atoms with E-state index in [-0.39, 0.29) is 12.5 Å². The van der Waals surface area contributed by atoms with Crippen molar-refractivity contribution in [2.45, 2.75) is 13.8 Å². The number of aryl methyl sites for hydroxylation is 2. The molecular weight excluding hydrogens is 350 g/mol. The average molecular weight is 373 g/mol. The lowest BCUT2D eigenvalue weighted by Crippen LogP contribution is -2.20. The number of hydrazone groups is 1. The Balaban J connectivity index is 1.52. The number of ether oxygens (including phenoxy) is 1. The van der Waals surface area contributed by atoms with Crippen LogP contribution in [0, 0.1) is 13.8 Å². The summed E-state index contributed by atoms with van der Waals surface area (Å²) < 4.78 is 5.61. The SMILES string of the molecule is Cc1ccc(NC(=O)COc2cccc(/C=N/Nc3ccccc3)c2)cc1C. The molecular formula is C23H23N3O2. The summed E-state index contributed by atoms with van der Waals surface area (Å²) in [5.41, 5.74) is 7.84. The summed E-state index contributed by atoms with van der Waals surface area (Å²) in [6.07, 6.45) is 1.70. The summed E-state index contributed by atoms with van der Waals surface area (Å²) in [6.45, 7) is 3.99. The lowest BCUT2D eigenvalue weighted by molar-refractivity contribution is -0.118. The van der Waals surface area contributed by atoms with Gasteiger partial charge in [0, 0.05) is 5.69 Å². The first-order chi connectivity index (χ1) is 13.6. The van der Waals surface area contributed by atoms with E-state index in [9.17, 15) is 4.79 Å². The van der Waals surface area contributed by atoms with Crippen LogP contribution in [0.3, 0.4) is 0 Å². The molecule has 5 heteroatoms. The first kappa shape index (κ1) is 19.2. The molecule has 0 spiro atoms. The number of amides is 1. The normalized spacial score (nSPS) is 10.6. The van der Waals surface area contributed by atoms with E-state index in [0.29, 0.717) is 5.75 Å². The smallest absolute Gasteiger partial charge is 0.262 e. The van der Waals surface area contributed by atoms with E-state index in [0.717, 1.165) is 22.5 Å². The lowest BCUT2D eigenvalue weighted by Gasteiger charge is -2.09. The Morgan fingerprint density at radius 3 is 2.54 bits per heavy atom. The number of rotatable bonds is 7. The van der Waals surface area contributed by atoms with Crippen LogP contribution in [0.4, 0.5) is 11.4 Å². The number of hydrogen-bond donors (Lipinski definition) is 2. The van der Waals surface area contributed by atoms with Gasteiger partial charge in [0.25, 0.3) is 5.91 Å². The lowest BCUT2D eigenvalue weighted by atomic mass is 10.1. The molecule has 28 heavy (non-hydrogen) atoms. The number of nitrogens with zero attached hydrogens (tertiary/aromatic N) is 1. The van der Waals surface area contributed by atoms with Gasteiger partial charge in [-0.2, -0.15) is 5.10 Å². The molecule has 3 aromatic carbocycles. The molecule has 0 heterocycles. The number of hydrogen-bond acceptors (Lipinski definition) is 4. The Kier molecular flexibility index (Phi) is 6.41. The van der Waals surface area contributed by atoms with Gasteiger partial charge < -0.3 is 10.1 Å². The van der Waals surface area contributed by atoms with Crippen LogP contribution < -0.4 is 15.5 Å². The van der Waals surface area contributed by atoms with Gasteiger partial charge in [-0.05, 0) is 66.9 Å². The third-order valence-electron chi connectivity index (χ3n) is 4.20. The second-order valence-corrected chi connectivity index (χ2v) is 6.44. The minimum Gasteiger partial charge on any atom is -0.484 e. The topological polar surface area (TPSA) is 62.7 Å². The highest BCUT2D eigenvalue weighted by molar-refractivity contribution is 5.92. The second-order valence-electron chi connectivity index (χ2n) is 6.44. The highest BCUT2D eigenvalue weighted by Gasteiger charge is 2.05. The molecule has 0 aromatic heterocycles. The summed E-state index contributed by atoms with van der Waals surface area (Å²) in [5.74, 6) is 0.409. The average Bonchev–Trinajstić information content (AvgIpc) is 2.70. The Bertz CT molecular complexity index is 969. The van der Waals surface area contributed by atoms with Crippen LogP contribution in [0.1, 0.15) is 16.7 Å². The van der Waals surface area contributed by atoms with E-state index < -0.39 is 0 Å². The van der Waals surface area contributed by atoms with Gasteiger partial charge in [0.15, 0.2) is 6.61 Å². The Hall–Kier alpha value is -3.60. The van der Waals surface area contributed by atoms with Crippen LogP contribution in [0.5, 0.6) is 5.75 Å². The minimum atomic E-state index is -0.201. The largest absolute Gasteiger partial charge is 0.484 e. The van der Waals surface area contributed by atoms with Crippen molar-refractivity contribution in [3.63, 3.8) is 0 Å². The standard InChI is InChI=1S/C23H23N3O2/c1-17-11-12-21(13-18(17)2)25-23(27)16-28-22-10-6-7-19(14-22)15-24-26-20-8-4-3-5-9-20/h3-15,26H,16H2,1-2H3,(H,25,27)/b24-15+. The third kappa shape index (κ3) is 5.71. The van der Waals surface area contributed by atoms with Gasteiger partial charge in [-0.1, -0.05) is 36.4 Å². The number of anilines is 2. The van der Waals surface area contributed by atoms with Crippen LogP contribution >= 0.6 is 0 Å². The van der Waals surface area contributed by atoms with E-state index in [4.69, 9.17) is 4.74 Å². The van der Waals surface area contributed by atoms with Crippen molar-refractivity contribution in [1.29, 1.82) is 0 Å². The van der Waals surface area contributed by atoms with Crippen molar-refractivity contribution in [2.24, 2.45) is 5.10 Å². The molecule has 1 amide bonds. The molecule has 0 aliphatic carbocycles. The van der Waals surface area contributed by atoms with Crippen LogP contribution in [0.15, 0.2) is 77.9 Å². The van der Waals surface area contributed by atoms with Gasteiger partial charge in [0.1, 0.15) is 5.75 Å². The molecule has 0 aliphatic heterocycles. The Morgan fingerprint density at radius 2 is 1.75 bits per heavy atom. The van der Waals surface area contributed by atoms with Crippen LogP contribution in [0.2, 0.25) is 0 Å². The molecule has 0 aliphatic rings. The number of carbonyl (C=O) groups is 1. The maximum Gasteiger partial charge on any atom is 0.262 e. The predicted molar refractivity (Wildman–Crippen MR) is 114 cm³/mol. The maximum atomic E-state index is 12.1. The molecule has 142 valence electrons. The van der Waals surface area contributed by atoms with Gasteiger partial charge in [0.05, 0.1) is 11.9 Å². The van der Waals surface area contributed by atoms with Gasteiger partial charge >= 0.3 is 0 Å². The molecule has 3 rings (SSSR count). The van der Waals surface area contributed by atoms with Gasteiger partial charge in [-0.25, -0.2) is 0 Å². The van der Waals surface area contributed by atoms with E-state index in [1.165, 1.54) is 5.56 Å². The summed E-state index contributed by atoms with van der Waals surface area (Å²) >= 11 is 0. The fraction of sp³-hybridized carbons (Fsp3) is 0.130. The number of para-hydroxylation sites is 1. The molecule has 0 fully saturated rings. The van der Waals surface area contributed by atoms with E-state index in [1.54, 1.807) is 6.21 Å². The molecule has 0 radical (unpaired) electrons. The van der Waals surface area contributed by atoms with Crippen molar-refractivity contribution in [3.8, 4) is 5.75 Å². The van der Waals surface area contributed by atoms with E-state index in [1.807, 2.05) is 86.6 Å². The zero-order valence-electron chi connectivity index (χ0n) is 16.0. The zero-order chi connectivity index (χ0) is 19.8. The van der Waals surface area contributed by atoms with Gasteiger partial charge in [0.2, 0.25) is 0 Å². The second kappa shape index (κ2) is 9.37. The highest BCUT2D eigenvalue weighted by Crippen LogP contribution is 2.15. The summed E-state index contributed by atoms with van der Waals surface area (Å²) in [4.78, 5) is 12.1. The summed E-state index contributed by atoms with van der Waals surface area (Å²) in [5, 5.41) is 7.06. The number of carbonyl (C=O) groups excluding carboxylic acids is 1. The summed E-state index contributed by atoms with van der Waals surface area (Å²) in [7, 11) is 0. The highest BCUT2D eigenvalue weighted by atomic mass is 16.5. The molecule has 5 nitrogen and oxygen atoms in total. The molecule has 0 bridgehead atoms. The molecule has 0 saturated carbocycles. The van der Waals surface area contributed by atoms with Crippen molar-refractivity contribution >= 4 is 23.5 Å². The monoisotopic (exact) mass is 373 g/mol. The van der Waals surface area contributed by atoms with Crippen molar-refractivity contribution in [1.82, 2.24) is 0 Å². The molecule has 2 N–H and O–H groups in total. The first-order valence-electron chi connectivity index (χ1n) is 9.04. The van der Waals surface area contributed by atoms with Crippen LogP contribution in [-0.4, -0.2) is 18.7 Å². The first-order valence-corrected chi connectivity index (χ1v) is 9.04. The predicted octanol–water partition coefficient (Wildman–Crippen LogP) is 4.77. The Labute approximate surface area is 165 Å². The molecule has 0 atom stereocenters. The maximum absolute atomic E-state index is 12.1. The van der Waals surface area contributed by atoms with E-state index >= 15 is 0 Å². The van der Waals surface area contributed by atoms with Crippen molar-refractivity contribution in [3.05, 3.63) is 89.5 Å². The minimum absolute atomic E-state index is 0.0597. The number of benzene rings is 3. The molecule has 3 aromatic rings. The van der Waals surface area contributed by atoms with Crippen molar-refractivity contribution in [2.75, 3.05) is 17.3 Å². The van der Waals surface area contributed by atoms with Crippen molar-refractivity contribution < 1.29 is 9.53 Å². The van der Waals surface area contributed by atoms with E-state index in [2.05, 4.69) is 15.8 Å². The Morgan fingerprint density at radius 1 is 0.929 bits per heavy atom. The van der Waals surface area contributed by atoms with Crippen LogP contribution in [0.25, 0.3) is 0 Å². The quantitative estimate of drug-likeness (QED) is 0.463. The fourth-order valence-corrected chi connectivity index (χ4v) is 2.54. The third-order valence-corrected chi connectivity index (χ3v) is 4.20. The van der Waals surface area contributed by atoms with Gasteiger partial charge in [-0.3, -0.25) is 10.2 Å². The molecule has 0 unspecified atom stereocenters. The zero-order valence-corrected chi connectivity index (χ0v) is 16.0. The molecule has 0 saturated heterocycles. The number of nitrogens with one attached hydrogen (secondary N) is 2.